The second-order valence-corrected chi connectivity index (χ2v) is 7.02. The van der Waals surface area contributed by atoms with E-state index in [2.05, 4.69) is 30.3 Å². The number of piperidine rings is 1. The number of amides is 1. The highest BCUT2D eigenvalue weighted by molar-refractivity contribution is 6.06. The predicted octanol–water partition coefficient (Wildman–Crippen LogP) is 1.77. The number of pyridine rings is 1. The zero-order valence-corrected chi connectivity index (χ0v) is 15.8. The first-order chi connectivity index (χ1) is 13.0. The van der Waals surface area contributed by atoms with Crippen LogP contribution in [0.1, 0.15) is 34.6 Å². The smallest absolute Gasteiger partial charge is 0.252 e. The normalized spacial score (nSPS) is 15.3. The third-order valence-electron chi connectivity index (χ3n) is 5.05. The minimum absolute atomic E-state index is 0.0560. The molecule has 0 atom stereocenters. The van der Waals surface area contributed by atoms with Crippen molar-refractivity contribution in [3.63, 3.8) is 0 Å². The molecule has 27 heavy (non-hydrogen) atoms. The number of nitrogens with one attached hydrogen (secondary N) is 1. The molecule has 8 nitrogen and oxygen atoms in total. The Morgan fingerprint density at radius 2 is 2.00 bits per heavy atom. The molecule has 0 aromatic carbocycles. The summed E-state index contributed by atoms with van der Waals surface area (Å²) in [5.74, 6) is 0.833. The highest BCUT2D eigenvalue weighted by Gasteiger charge is 2.24. The second kappa shape index (κ2) is 6.94. The van der Waals surface area contributed by atoms with Gasteiger partial charge in [-0.05, 0) is 32.8 Å². The summed E-state index contributed by atoms with van der Waals surface area (Å²) in [4.78, 5) is 28.2. The van der Waals surface area contributed by atoms with E-state index in [4.69, 9.17) is 0 Å². The molecule has 1 N–H and O–H groups in total. The van der Waals surface area contributed by atoms with Gasteiger partial charge in [-0.3, -0.25) is 14.5 Å². The van der Waals surface area contributed by atoms with Crippen LogP contribution in [-0.4, -0.2) is 49.8 Å². The Bertz CT molecular complexity index is 975. The molecule has 1 saturated heterocycles. The topological polar surface area (TPSA) is 88.8 Å². The highest BCUT2D eigenvalue weighted by atomic mass is 16.1. The Hall–Kier alpha value is -3.03. The zero-order valence-electron chi connectivity index (χ0n) is 15.8. The minimum atomic E-state index is -0.0560. The molecule has 1 fully saturated rings. The number of aromatic nitrogens is 5. The maximum atomic E-state index is 13.0. The lowest BCUT2D eigenvalue weighted by atomic mass is 10.0. The fraction of sp³-hybridized carbons (Fsp3) is 0.421. The number of carbonyl (C=O) groups excluding carboxylic acids is 1. The molecule has 0 spiro atoms. The number of nitrogens with zero attached hydrogens (tertiary/aromatic N) is 6. The fourth-order valence-corrected chi connectivity index (χ4v) is 3.72. The van der Waals surface area contributed by atoms with E-state index in [9.17, 15) is 4.79 Å². The molecule has 3 aromatic heterocycles. The summed E-state index contributed by atoms with van der Waals surface area (Å²) in [6.07, 6.45) is 6.91. The second-order valence-electron chi connectivity index (χ2n) is 7.02. The maximum Gasteiger partial charge on any atom is 0.252 e. The van der Waals surface area contributed by atoms with Gasteiger partial charge in [-0.15, -0.1) is 0 Å². The molecule has 4 rings (SSSR count). The quantitative estimate of drug-likeness (QED) is 0.761. The van der Waals surface area contributed by atoms with Crippen LogP contribution in [-0.2, 0) is 7.05 Å². The Morgan fingerprint density at radius 3 is 2.70 bits per heavy atom. The molecule has 1 amide bonds. The number of aryl methyl sites for hydroxylation is 3. The van der Waals surface area contributed by atoms with Crippen molar-refractivity contribution in [1.82, 2.24) is 30.0 Å². The molecule has 0 bridgehead atoms. The van der Waals surface area contributed by atoms with Gasteiger partial charge in [-0.25, -0.2) is 9.97 Å². The van der Waals surface area contributed by atoms with E-state index < -0.39 is 0 Å². The van der Waals surface area contributed by atoms with Gasteiger partial charge in [0.05, 0.1) is 22.8 Å². The van der Waals surface area contributed by atoms with Crippen molar-refractivity contribution < 1.29 is 4.79 Å². The standard InChI is InChI=1S/C19H23N7O/c1-12-10-15(17-13(2)24-25(3)18(17)22-12)19(27)23-14-4-8-26(9-5-14)16-11-20-6-7-21-16/h6-7,10-11,14H,4-5,8-9H2,1-3H3,(H,23,27). The van der Waals surface area contributed by atoms with Gasteiger partial charge in [0.1, 0.15) is 5.82 Å². The molecule has 0 saturated carbocycles. The first-order valence-electron chi connectivity index (χ1n) is 9.15. The molecule has 4 heterocycles. The van der Waals surface area contributed by atoms with Gasteiger partial charge in [-0.2, -0.15) is 5.10 Å². The van der Waals surface area contributed by atoms with Crippen molar-refractivity contribution in [2.45, 2.75) is 32.7 Å². The number of carbonyl (C=O) groups is 1. The number of anilines is 1. The van der Waals surface area contributed by atoms with Crippen molar-refractivity contribution >= 4 is 22.8 Å². The molecular weight excluding hydrogens is 342 g/mol. The van der Waals surface area contributed by atoms with Gasteiger partial charge in [0.25, 0.3) is 5.91 Å². The first kappa shape index (κ1) is 17.4. The van der Waals surface area contributed by atoms with Crippen molar-refractivity contribution in [2.24, 2.45) is 7.05 Å². The van der Waals surface area contributed by atoms with Gasteiger partial charge in [0.2, 0.25) is 0 Å². The predicted molar refractivity (Wildman–Crippen MR) is 103 cm³/mol. The molecule has 1 aliphatic rings. The van der Waals surface area contributed by atoms with E-state index >= 15 is 0 Å². The van der Waals surface area contributed by atoms with E-state index in [1.807, 2.05) is 27.0 Å². The van der Waals surface area contributed by atoms with Gasteiger partial charge < -0.3 is 10.2 Å². The summed E-state index contributed by atoms with van der Waals surface area (Å²) < 4.78 is 1.73. The fourth-order valence-electron chi connectivity index (χ4n) is 3.72. The first-order valence-corrected chi connectivity index (χ1v) is 9.15. The summed E-state index contributed by atoms with van der Waals surface area (Å²) >= 11 is 0. The molecule has 0 unspecified atom stereocenters. The van der Waals surface area contributed by atoms with E-state index in [0.29, 0.717) is 5.56 Å². The van der Waals surface area contributed by atoms with E-state index in [1.54, 1.807) is 23.3 Å². The lowest BCUT2D eigenvalue weighted by molar-refractivity contribution is 0.0932. The van der Waals surface area contributed by atoms with Gasteiger partial charge in [-0.1, -0.05) is 0 Å². The third-order valence-corrected chi connectivity index (χ3v) is 5.05. The molecule has 3 aromatic rings. The molecule has 8 heteroatoms. The minimum Gasteiger partial charge on any atom is -0.355 e. The Morgan fingerprint density at radius 1 is 1.22 bits per heavy atom. The summed E-state index contributed by atoms with van der Waals surface area (Å²) in [6, 6.07) is 1.99. The zero-order chi connectivity index (χ0) is 19.0. The largest absolute Gasteiger partial charge is 0.355 e. The average Bonchev–Trinajstić information content (AvgIpc) is 2.96. The maximum absolute atomic E-state index is 13.0. The van der Waals surface area contributed by atoms with Crippen LogP contribution < -0.4 is 10.2 Å². The number of hydrogen-bond acceptors (Lipinski definition) is 6. The monoisotopic (exact) mass is 365 g/mol. The number of hydrogen-bond donors (Lipinski definition) is 1. The van der Waals surface area contributed by atoms with Crippen molar-refractivity contribution in [1.29, 1.82) is 0 Å². The third kappa shape index (κ3) is 3.34. The lowest BCUT2D eigenvalue weighted by Crippen LogP contribution is -2.45. The number of fused-ring (bicyclic) bond motifs is 1. The van der Waals surface area contributed by atoms with Gasteiger partial charge in [0, 0.05) is 44.3 Å². The van der Waals surface area contributed by atoms with Crippen LogP contribution in [0.4, 0.5) is 5.82 Å². The summed E-state index contributed by atoms with van der Waals surface area (Å²) in [5.41, 5.74) is 3.03. The summed E-state index contributed by atoms with van der Waals surface area (Å²) in [5, 5.41) is 8.45. The van der Waals surface area contributed by atoms with Crippen LogP contribution in [0, 0.1) is 13.8 Å². The van der Waals surface area contributed by atoms with Crippen molar-refractivity contribution in [3.8, 4) is 0 Å². The molecule has 140 valence electrons. The lowest BCUT2D eigenvalue weighted by Gasteiger charge is -2.32. The Labute approximate surface area is 157 Å². The van der Waals surface area contributed by atoms with E-state index in [0.717, 1.165) is 54.2 Å². The summed E-state index contributed by atoms with van der Waals surface area (Å²) in [6.45, 7) is 5.51. The Kier molecular flexibility index (Phi) is 4.47. The Balaban J connectivity index is 1.48. The summed E-state index contributed by atoms with van der Waals surface area (Å²) in [7, 11) is 1.85. The van der Waals surface area contributed by atoms with Crippen LogP contribution >= 0.6 is 0 Å². The SMILES string of the molecule is Cc1cc(C(=O)NC2CCN(c3cnccn3)CC2)c2c(C)nn(C)c2n1. The van der Waals surface area contributed by atoms with Crippen molar-refractivity contribution in [2.75, 3.05) is 18.0 Å². The van der Waals surface area contributed by atoms with Crippen LogP contribution in [0.3, 0.4) is 0 Å². The average molecular weight is 365 g/mol. The molecule has 0 aliphatic carbocycles. The van der Waals surface area contributed by atoms with E-state index in [1.165, 1.54) is 0 Å². The number of rotatable bonds is 3. The molecular formula is C19H23N7O. The van der Waals surface area contributed by atoms with Crippen LogP contribution in [0.2, 0.25) is 0 Å². The van der Waals surface area contributed by atoms with Gasteiger partial charge in [0.15, 0.2) is 5.65 Å². The van der Waals surface area contributed by atoms with Gasteiger partial charge >= 0.3 is 0 Å². The molecule has 1 aliphatic heterocycles. The van der Waals surface area contributed by atoms with Crippen LogP contribution in [0.25, 0.3) is 11.0 Å². The highest BCUT2D eigenvalue weighted by Crippen LogP contribution is 2.22. The van der Waals surface area contributed by atoms with E-state index in [-0.39, 0.29) is 11.9 Å². The van der Waals surface area contributed by atoms with Crippen LogP contribution in [0.5, 0.6) is 0 Å². The van der Waals surface area contributed by atoms with Crippen LogP contribution in [0.15, 0.2) is 24.7 Å². The molecule has 0 radical (unpaired) electrons. The van der Waals surface area contributed by atoms with Crippen molar-refractivity contribution in [3.05, 3.63) is 41.6 Å².